The van der Waals surface area contributed by atoms with Crippen LogP contribution in [0, 0.1) is 5.92 Å². The fraction of sp³-hybridized carbons (Fsp3) is 0.333. The Morgan fingerprint density at radius 1 is 1.19 bits per heavy atom. The van der Waals surface area contributed by atoms with Crippen molar-refractivity contribution in [2.45, 2.75) is 43.2 Å². The SMILES string of the molecule is CC(C)NS(=O)(=O)c1ccc2c(c1)C1C=CCC1C(c1cccc(Cl)c1)N2. The van der Waals surface area contributed by atoms with Gasteiger partial charge in [0.05, 0.1) is 10.9 Å². The lowest BCUT2D eigenvalue weighted by atomic mass is 9.77. The highest BCUT2D eigenvalue weighted by atomic mass is 35.5. The zero-order valence-corrected chi connectivity index (χ0v) is 16.9. The molecular formula is C21H23ClN2O2S. The third-order valence-electron chi connectivity index (χ3n) is 5.24. The summed E-state index contributed by atoms with van der Waals surface area (Å²) in [5, 5.41) is 4.34. The minimum Gasteiger partial charge on any atom is -0.378 e. The molecule has 0 radical (unpaired) electrons. The Morgan fingerprint density at radius 3 is 2.74 bits per heavy atom. The van der Waals surface area contributed by atoms with E-state index in [1.165, 1.54) is 0 Å². The zero-order chi connectivity index (χ0) is 19.2. The van der Waals surface area contributed by atoms with Crippen LogP contribution in [0.4, 0.5) is 5.69 Å². The van der Waals surface area contributed by atoms with Crippen molar-refractivity contribution in [1.29, 1.82) is 0 Å². The number of benzene rings is 2. The number of allylic oxidation sites excluding steroid dienone is 2. The largest absolute Gasteiger partial charge is 0.378 e. The summed E-state index contributed by atoms with van der Waals surface area (Å²) in [6.07, 6.45) is 5.35. The van der Waals surface area contributed by atoms with Gasteiger partial charge in [-0.15, -0.1) is 0 Å². The van der Waals surface area contributed by atoms with Crippen molar-refractivity contribution < 1.29 is 8.42 Å². The lowest BCUT2D eigenvalue weighted by molar-refractivity contribution is 0.425. The van der Waals surface area contributed by atoms with Gasteiger partial charge in [0.1, 0.15) is 0 Å². The molecule has 1 aliphatic carbocycles. The highest BCUT2D eigenvalue weighted by Crippen LogP contribution is 2.50. The number of hydrogen-bond acceptors (Lipinski definition) is 3. The molecule has 4 rings (SSSR count). The average molecular weight is 403 g/mol. The molecule has 0 aromatic heterocycles. The molecule has 0 spiro atoms. The maximum absolute atomic E-state index is 12.6. The van der Waals surface area contributed by atoms with Gasteiger partial charge >= 0.3 is 0 Å². The van der Waals surface area contributed by atoms with Crippen LogP contribution in [0.3, 0.4) is 0 Å². The molecule has 2 aromatic carbocycles. The van der Waals surface area contributed by atoms with Gasteiger partial charge in [-0.25, -0.2) is 13.1 Å². The van der Waals surface area contributed by atoms with Crippen molar-refractivity contribution >= 4 is 27.3 Å². The monoisotopic (exact) mass is 402 g/mol. The summed E-state index contributed by atoms with van der Waals surface area (Å²) in [7, 11) is -3.51. The summed E-state index contributed by atoms with van der Waals surface area (Å²) in [5.41, 5.74) is 3.18. The highest BCUT2D eigenvalue weighted by molar-refractivity contribution is 7.89. The van der Waals surface area contributed by atoms with Crippen LogP contribution in [0.25, 0.3) is 0 Å². The lowest BCUT2D eigenvalue weighted by Gasteiger charge is -2.37. The number of halogens is 1. The summed E-state index contributed by atoms with van der Waals surface area (Å²) in [5.74, 6) is 0.534. The van der Waals surface area contributed by atoms with Crippen LogP contribution in [0.5, 0.6) is 0 Å². The van der Waals surface area contributed by atoms with Crippen molar-refractivity contribution in [2.75, 3.05) is 5.32 Å². The zero-order valence-electron chi connectivity index (χ0n) is 15.3. The van der Waals surface area contributed by atoms with Gasteiger partial charge in [0.25, 0.3) is 0 Å². The summed E-state index contributed by atoms with van der Waals surface area (Å²) >= 11 is 6.20. The van der Waals surface area contributed by atoms with Gasteiger partial charge < -0.3 is 5.32 Å². The van der Waals surface area contributed by atoms with Gasteiger partial charge in [-0.3, -0.25) is 0 Å². The van der Waals surface area contributed by atoms with Crippen molar-refractivity contribution in [1.82, 2.24) is 4.72 Å². The smallest absolute Gasteiger partial charge is 0.240 e. The molecular weight excluding hydrogens is 380 g/mol. The number of sulfonamides is 1. The first kappa shape index (κ1) is 18.5. The standard InChI is InChI=1S/C21H23ClN2O2S/c1-13(2)24-27(25,26)16-9-10-20-19(12-16)17-7-4-8-18(17)21(23-20)14-5-3-6-15(22)11-14/h3-7,9-13,17-18,21,23-24H,8H2,1-2H3. The first-order valence-electron chi connectivity index (χ1n) is 9.20. The Hall–Kier alpha value is -1.82. The molecule has 27 heavy (non-hydrogen) atoms. The molecule has 3 unspecified atom stereocenters. The minimum atomic E-state index is -3.51. The molecule has 2 aliphatic rings. The number of rotatable bonds is 4. The molecule has 6 heteroatoms. The third-order valence-corrected chi connectivity index (χ3v) is 7.13. The molecule has 1 aliphatic heterocycles. The van der Waals surface area contributed by atoms with Crippen LogP contribution in [0.1, 0.15) is 43.4 Å². The maximum atomic E-state index is 12.6. The van der Waals surface area contributed by atoms with Crippen LogP contribution in [-0.2, 0) is 10.0 Å². The minimum absolute atomic E-state index is 0.143. The molecule has 4 nitrogen and oxygen atoms in total. The molecule has 0 amide bonds. The van der Waals surface area contributed by atoms with Gasteiger partial charge in [0, 0.05) is 22.7 Å². The van der Waals surface area contributed by atoms with Gasteiger partial charge in [-0.1, -0.05) is 35.9 Å². The summed E-state index contributed by atoms with van der Waals surface area (Å²) in [6.45, 7) is 3.64. The summed E-state index contributed by atoms with van der Waals surface area (Å²) < 4.78 is 27.8. The second-order valence-electron chi connectivity index (χ2n) is 7.56. The van der Waals surface area contributed by atoms with Crippen LogP contribution >= 0.6 is 11.6 Å². The van der Waals surface area contributed by atoms with E-state index in [0.29, 0.717) is 10.8 Å². The van der Waals surface area contributed by atoms with Gasteiger partial charge in [0.2, 0.25) is 10.0 Å². The molecule has 2 N–H and O–H groups in total. The van der Waals surface area contributed by atoms with E-state index in [2.05, 4.69) is 28.3 Å². The fourth-order valence-corrected chi connectivity index (χ4v) is 5.63. The third kappa shape index (κ3) is 3.51. The van der Waals surface area contributed by atoms with Crippen LogP contribution in [0.15, 0.2) is 59.5 Å². The van der Waals surface area contributed by atoms with E-state index in [9.17, 15) is 8.42 Å². The Kier molecular flexibility index (Phi) is 4.78. The average Bonchev–Trinajstić information content (AvgIpc) is 3.09. The van der Waals surface area contributed by atoms with Gasteiger partial charge in [-0.05, 0) is 67.6 Å². The predicted molar refractivity (Wildman–Crippen MR) is 110 cm³/mol. The van der Waals surface area contributed by atoms with Crippen LogP contribution in [0.2, 0.25) is 5.02 Å². The van der Waals surface area contributed by atoms with E-state index in [0.717, 1.165) is 28.3 Å². The van der Waals surface area contributed by atoms with Crippen LogP contribution in [-0.4, -0.2) is 14.5 Å². The second-order valence-corrected chi connectivity index (χ2v) is 9.71. The van der Waals surface area contributed by atoms with E-state index < -0.39 is 10.0 Å². The van der Waals surface area contributed by atoms with Gasteiger partial charge in [-0.2, -0.15) is 0 Å². The number of anilines is 1. The maximum Gasteiger partial charge on any atom is 0.240 e. The number of hydrogen-bond donors (Lipinski definition) is 2. The Bertz CT molecular complexity index is 1000. The van der Waals surface area contributed by atoms with E-state index >= 15 is 0 Å². The molecule has 0 bridgehead atoms. The Balaban J connectivity index is 1.74. The lowest BCUT2D eigenvalue weighted by Crippen LogP contribution is -2.31. The first-order chi connectivity index (χ1) is 12.8. The highest BCUT2D eigenvalue weighted by Gasteiger charge is 2.38. The fourth-order valence-electron chi connectivity index (χ4n) is 4.15. The molecule has 142 valence electrons. The van der Waals surface area contributed by atoms with E-state index in [1.54, 1.807) is 6.07 Å². The number of nitrogens with one attached hydrogen (secondary N) is 2. The summed E-state index contributed by atoms with van der Waals surface area (Å²) in [6, 6.07) is 13.3. The van der Waals surface area contributed by atoms with Crippen molar-refractivity contribution in [3.8, 4) is 0 Å². The number of fused-ring (bicyclic) bond motifs is 3. The molecule has 0 saturated carbocycles. The van der Waals surface area contributed by atoms with Gasteiger partial charge in [0.15, 0.2) is 0 Å². The first-order valence-corrected chi connectivity index (χ1v) is 11.1. The normalized spacial score (nSPS) is 23.8. The Morgan fingerprint density at radius 2 is 2.00 bits per heavy atom. The van der Waals surface area contributed by atoms with Crippen molar-refractivity contribution in [3.05, 3.63) is 70.8 Å². The molecule has 0 fully saturated rings. The molecule has 1 heterocycles. The van der Waals surface area contributed by atoms with Crippen molar-refractivity contribution in [2.24, 2.45) is 5.92 Å². The summed E-state index contributed by atoms with van der Waals surface area (Å²) in [4.78, 5) is 0.317. The van der Waals surface area contributed by atoms with Crippen LogP contribution < -0.4 is 10.0 Å². The Labute approximate surface area is 165 Å². The van der Waals surface area contributed by atoms with E-state index in [4.69, 9.17) is 11.6 Å². The molecule has 2 aromatic rings. The quantitative estimate of drug-likeness (QED) is 0.718. The second kappa shape index (κ2) is 6.97. The topological polar surface area (TPSA) is 58.2 Å². The predicted octanol–water partition coefficient (Wildman–Crippen LogP) is 4.85. The molecule has 3 atom stereocenters. The van der Waals surface area contributed by atoms with E-state index in [1.807, 2.05) is 44.2 Å². The van der Waals surface area contributed by atoms with Crippen molar-refractivity contribution in [3.63, 3.8) is 0 Å². The molecule has 0 saturated heterocycles. The van der Waals surface area contributed by atoms with E-state index in [-0.39, 0.29) is 18.0 Å².